The predicted octanol–water partition coefficient (Wildman–Crippen LogP) is 8.27. The number of carbonyl (C=O) groups is 2. The van der Waals surface area contributed by atoms with Crippen LogP contribution in [0.1, 0.15) is 30.5 Å². The van der Waals surface area contributed by atoms with Crippen LogP contribution >= 0.6 is 34.8 Å². The van der Waals surface area contributed by atoms with Crippen LogP contribution in [0.4, 0.5) is 18.9 Å². The van der Waals surface area contributed by atoms with Gasteiger partial charge in [-0.05, 0) is 59.5 Å². The van der Waals surface area contributed by atoms with Gasteiger partial charge >= 0.3 is 6.18 Å². The summed E-state index contributed by atoms with van der Waals surface area (Å²) in [5.41, 5.74) is -0.552. The maximum absolute atomic E-state index is 14.5. The minimum absolute atomic E-state index is 0.0441. The number of amides is 2. The molecule has 260 valence electrons. The Morgan fingerprint density at radius 3 is 2.00 bits per heavy atom. The molecule has 4 rings (SSSR count). The Balaban J connectivity index is 1.86. The Hall–Kier alpha value is -3.77. The molecule has 2 amide bonds. The molecule has 0 unspecified atom stereocenters. The van der Waals surface area contributed by atoms with Crippen molar-refractivity contribution in [3.05, 3.63) is 129 Å². The summed E-state index contributed by atoms with van der Waals surface area (Å²) in [6, 6.07) is 22.0. The topological polar surface area (TPSA) is 86.8 Å². The van der Waals surface area contributed by atoms with Gasteiger partial charge in [0, 0.05) is 19.5 Å². The van der Waals surface area contributed by atoms with E-state index in [2.05, 4.69) is 5.32 Å². The number of sulfonamides is 1. The van der Waals surface area contributed by atoms with E-state index in [1.807, 2.05) is 13.8 Å². The number of rotatable bonds is 13. The molecule has 4 aromatic carbocycles. The van der Waals surface area contributed by atoms with E-state index in [9.17, 15) is 31.2 Å². The van der Waals surface area contributed by atoms with Gasteiger partial charge in [-0.25, -0.2) is 8.42 Å². The number of hydrogen-bond donors (Lipinski definition) is 1. The molecule has 49 heavy (non-hydrogen) atoms. The van der Waals surface area contributed by atoms with E-state index < -0.39 is 56.9 Å². The summed E-state index contributed by atoms with van der Waals surface area (Å²) >= 11 is 18.3. The van der Waals surface area contributed by atoms with E-state index in [0.29, 0.717) is 28.0 Å². The minimum atomic E-state index is -4.92. The van der Waals surface area contributed by atoms with Crippen LogP contribution in [0.3, 0.4) is 0 Å². The van der Waals surface area contributed by atoms with Crippen molar-refractivity contribution in [1.29, 1.82) is 0 Å². The third kappa shape index (κ3) is 9.91. The van der Waals surface area contributed by atoms with Crippen LogP contribution in [0, 0.1) is 5.92 Å². The van der Waals surface area contributed by atoms with Gasteiger partial charge in [-0.2, -0.15) is 13.2 Å². The Morgan fingerprint density at radius 1 is 0.796 bits per heavy atom. The van der Waals surface area contributed by atoms with Gasteiger partial charge in [-0.3, -0.25) is 13.9 Å². The number of hydrogen-bond acceptors (Lipinski definition) is 4. The largest absolute Gasteiger partial charge is 0.417 e. The van der Waals surface area contributed by atoms with Crippen LogP contribution < -0.4 is 9.62 Å². The summed E-state index contributed by atoms with van der Waals surface area (Å²) in [4.78, 5) is 29.3. The first-order valence-corrected chi connectivity index (χ1v) is 17.6. The molecule has 4 aromatic rings. The van der Waals surface area contributed by atoms with E-state index in [-0.39, 0.29) is 33.8 Å². The number of alkyl halides is 3. The average molecular weight is 755 g/mol. The fraction of sp³-hybridized carbons (Fsp3) is 0.257. The number of anilines is 1. The standard InChI is InChI=1S/C35H33Cl3F3N3O4S/c1-23(2)20-42-34(46)32(18-24-9-5-3-6-10-24)43(21-25-13-15-30(37)31(38)17-25)33(45)22-44(49(47,48)27-11-7-4-8-12-27)26-14-16-29(36)28(19-26)35(39,40)41/h3-17,19,23,32H,18,20-22H2,1-2H3,(H,42,46)/t32-/m0/s1. The van der Waals surface area contributed by atoms with Crippen LogP contribution in [-0.2, 0) is 38.8 Å². The Kier molecular flexibility index (Phi) is 12.6. The van der Waals surface area contributed by atoms with E-state index in [4.69, 9.17) is 34.8 Å². The molecule has 0 saturated carbocycles. The van der Waals surface area contributed by atoms with E-state index >= 15 is 0 Å². The van der Waals surface area contributed by atoms with Gasteiger partial charge in [0.2, 0.25) is 11.8 Å². The Morgan fingerprint density at radius 2 is 1.41 bits per heavy atom. The first kappa shape index (κ1) is 38.0. The van der Waals surface area contributed by atoms with Gasteiger partial charge in [0.05, 0.1) is 31.2 Å². The second-order valence-corrected chi connectivity index (χ2v) is 14.7. The van der Waals surface area contributed by atoms with Crippen molar-refractivity contribution in [1.82, 2.24) is 10.2 Å². The zero-order valence-electron chi connectivity index (χ0n) is 26.4. The lowest BCUT2D eigenvalue weighted by molar-refractivity contribution is -0.140. The first-order chi connectivity index (χ1) is 23.1. The monoisotopic (exact) mass is 753 g/mol. The molecule has 0 aromatic heterocycles. The van der Waals surface area contributed by atoms with Gasteiger partial charge in [0.25, 0.3) is 10.0 Å². The van der Waals surface area contributed by atoms with Crippen molar-refractivity contribution in [3.8, 4) is 0 Å². The molecule has 0 aliphatic carbocycles. The normalized spacial score (nSPS) is 12.4. The number of nitrogens with one attached hydrogen (secondary N) is 1. The van der Waals surface area contributed by atoms with Crippen LogP contribution in [-0.4, -0.2) is 44.3 Å². The second-order valence-electron chi connectivity index (χ2n) is 11.6. The molecule has 0 saturated heterocycles. The van der Waals surface area contributed by atoms with E-state index in [1.54, 1.807) is 42.5 Å². The molecule has 14 heteroatoms. The number of carbonyl (C=O) groups excluding carboxylic acids is 2. The third-order valence-corrected chi connectivity index (χ3v) is 10.3. The van der Waals surface area contributed by atoms with E-state index in [0.717, 1.165) is 12.1 Å². The molecule has 0 heterocycles. The minimum Gasteiger partial charge on any atom is -0.354 e. The lowest BCUT2D eigenvalue weighted by atomic mass is 10.0. The molecule has 0 radical (unpaired) electrons. The SMILES string of the molecule is CC(C)CNC(=O)[C@H](Cc1ccccc1)N(Cc1ccc(Cl)c(Cl)c1)C(=O)CN(c1ccc(Cl)c(C(F)(F)F)c1)S(=O)(=O)c1ccccc1. The Labute approximate surface area is 298 Å². The predicted molar refractivity (Wildman–Crippen MR) is 186 cm³/mol. The van der Waals surface area contributed by atoms with Crippen molar-refractivity contribution < 1.29 is 31.2 Å². The van der Waals surface area contributed by atoms with Gasteiger partial charge in [0.1, 0.15) is 12.6 Å². The molecular weight excluding hydrogens is 722 g/mol. The summed E-state index contributed by atoms with van der Waals surface area (Å²) in [5, 5.41) is 2.65. The summed E-state index contributed by atoms with van der Waals surface area (Å²) in [7, 11) is -4.63. The van der Waals surface area contributed by atoms with Crippen molar-refractivity contribution >= 4 is 62.3 Å². The van der Waals surface area contributed by atoms with Crippen LogP contribution in [0.5, 0.6) is 0 Å². The quantitative estimate of drug-likeness (QED) is 0.149. The highest BCUT2D eigenvalue weighted by Crippen LogP contribution is 2.38. The van der Waals surface area contributed by atoms with Crippen molar-refractivity contribution in [3.63, 3.8) is 0 Å². The molecule has 7 nitrogen and oxygen atoms in total. The summed E-state index contributed by atoms with van der Waals surface area (Å²) in [5.74, 6) is -1.30. The highest BCUT2D eigenvalue weighted by molar-refractivity contribution is 7.92. The maximum Gasteiger partial charge on any atom is 0.417 e. The molecule has 1 atom stereocenters. The smallest absolute Gasteiger partial charge is 0.354 e. The first-order valence-electron chi connectivity index (χ1n) is 15.1. The summed E-state index contributed by atoms with van der Waals surface area (Å²) in [6.07, 6.45) is -4.88. The highest BCUT2D eigenvalue weighted by Gasteiger charge is 2.37. The van der Waals surface area contributed by atoms with E-state index in [1.165, 1.54) is 41.3 Å². The summed E-state index contributed by atoms with van der Waals surface area (Å²) in [6.45, 7) is 2.92. The highest BCUT2D eigenvalue weighted by atomic mass is 35.5. The zero-order valence-corrected chi connectivity index (χ0v) is 29.5. The molecular formula is C35H33Cl3F3N3O4S. The average Bonchev–Trinajstić information content (AvgIpc) is 3.06. The third-order valence-electron chi connectivity index (χ3n) is 7.45. The van der Waals surface area contributed by atoms with Gasteiger partial charge in [0.15, 0.2) is 0 Å². The van der Waals surface area contributed by atoms with Crippen LogP contribution in [0.2, 0.25) is 15.1 Å². The van der Waals surface area contributed by atoms with Crippen LogP contribution in [0.15, 0.2) is 102 Å². The number of halogens is 6. The van der Waals surface area contributed by atoms with Gasteiger partial charge in [-0.1, -0.05) is 103 Å². The van der Waals surface area contributed by atoms with Crippen LogP contribution in [0.25, 0.3) is 0 Å². The second kappa shape index (κ2) is 16.3. The van der Waals surface area contributed by atoms with Crippen molar-refractivity contribution in [2.75, 3.05) is 17.4 Å². The summed E-state index contributed by atoms with van der Waals surface area (Å²) < 4.78 is 70.6. The molecule has 0 fully saturated rings. The van der Waals surface area contributed by atoms with Gasteiger partial charge < -0.3 is 10.2 Å². The molecule has 1 N–H and O–H groups in total. The van der Waals surface area contributed by atoms with Crippen molar-refractivity contribution in [2.45, 2.75) is 43.9 Å². The molecule has 0 bridgehead atoms. The fourth-order valence-electron chi connectivity index (χ4n) is 4.95. The fourth-order valence-corrected chi connectivity index (χ4v) is 6.92. The Bertz CT molecular complexity index is 1880. The number of nitrogens with zero attached hydrogens (tertiary/aromatic N) is 2. The van der Waals surface area contributed by atoms with Gasteiger partial charge in [-0.15, -0.1) is 0 Å². The molecule has 0 spiro atoms. The lowest BCUT2D eigenvalue weighted by Crippen LogP contribution is -2.53. The molecule has 0 aliphatic heterocycles. The zero-order chi connectivity index (χ0) is 35.9. The molecule has 0 aliphatic rings. The van der Waals surface area contributed by atoms with Crippen molar-refractivity contribution in [2.24, 2.45) is 5.92 Å². The maximum atomic E-state index is 14.5. The lowest BCUT2D eigenvalue weighted by Gasteiger charge is -2.34. The number of benzene rings is 4.